The maximum absolute atomic E-state index is 12.6. The fourth-order valence-corrected chi connectivity index (χ4v) is 3.89. The van der Waals surface area contributed by atoms with E-state index in [0.717, 1.165) is 10.4 Å². The molecule has 0 bridgehead atoms. The maximum atomic E-state index is 12.6. The zero-order chi connectivity index (χ0) is 22.4. The highest BCUT2D eigenvalue weighted by molar-refractivity contribution is 7.15. The molecule has 0 spiro atoms. The quantitative estimate of drug-likeness (QED) is 0.320. The number of rotatable bonds is 7. The van der Waals surface area contributed by atoms with Crippen molar-refractivity contribution >= 4 is 51.7 Å². The molecule has 3 rings (SSSR count). The lowest BCUT2D eigenvalue weighted by molar-refractivity contribution is -0.112. The molecule has 1 amide bonds. The molecule has 0 unspecified atom stereocenters. The summed E-state index contributed by atoms with van der Waals surface area (Å²) in [7, 11) is 0. The molecule has 0 aliphatic carbocycles. The van der Waals surface area contributed by atoms with E-state index >= 15 is 0 Å². The Balaban J connectivity index is 1.73. The van der Waals surface area contributed by atoms with E-state index < -0.39 is 5.91 Å². The molecule has 2 aromatic carbocycles. The molecular weight excluding hydrogens is 453 g/mol. The molecule has 8 heteroatoms. The number of thiazole rings is 1. The summed E-state index contributed by atoms with van der Waals surface area (Å²) < 4.78 is 5.75. The van der Waals surface area contributed by atoms with Crippen LogP contribution >= 0.6 is 34.5 Å². The van der Waals surface area contributed by atoms with Gasteiger partial charge in [0.1, 0.15) is 17.4 Å². The largest absolute Gasteiger partial charge is 0.490 e. The number of nitriles is 1. The first-order valence-corrected chi connectivity index (χ1v) is 11.0. The standard InChI is InChI=1S/C23H19Cl2N3O2S/c1-14(2)30-21-6-4-3-5-16(21)11-17(12-26)22(29)28-23-27-13-18(31-23)9-15-7-8-19(24)20(25)10-15/h3-8,10-11,13-14H,9H2,1-2H3,(H,27,28,29). The Kier molecular flexibility index (Phi) is 7.69. The lowest BCUT2D eigenvalue weighted by atomic mass is 10.1. The van der Waals surface area contributed by atoms with Crippen LogP contribution in [0.5, 0.6) is 5.75 Å². The highest BCUT2D eigenvalue weighted by atomic mass is 35.5. The number of benzene rings is 2. The summed E-state index contributed by atoms with van der Waals surface area (Å²) in [5, 5.41) is 13.6. The maximum Gasteiger partial charge on any atom is 0.268 e. The summed E-state index contributed by atoms with van der Waals surface area (Å²) in [5.74, 6) is 0.0773. The Hall–Kier alpha value is -2.85. The minimum atomic E-state index is -0.530. The van der Waals surface area contributed by atoms with Crippen LogP contribution in [0.15, 0.2) is 54.2 Å². The fraction of sp³-hybridized carbons (Fsp3) is 0.174. The van der Waals surface area contributed by atoms with E-state index in [1.807, 2.05) is 38.1 Å². The fourth-order valence-electron chi connectivity index (χ4n) is 2.73. The third kappa shape index (κ3) is 6.31. The summed E-state index contributed by atoms with van der Waals surface area (Å²) >= 11 is 13.3. The van der Waals surface area contributed by atoms with Crippen molar-refractivity contribution in [3.05, 3.63) is 80.3 Å². The van der Waals surface area contributed by atoms with Crippen molar-refractivity contribution in [1.29, 1.82) is 5.26 Å². The van der Waals surface area contributed by atoms with Gasteiger partial charge in [0.2, 0.25) is 0 Å². The van der Waals surface area contributed by atoms with Crippen LogP contribution in [0.3, 0.4) is 0 Å². The molecule has 0 saturated heterocycles. The summed E-state index contributed by atoms with van der Waals surface area (Å²) in [6.07, 6.45) is 3.77. The van der Waals surface area contributed by atoms with Gasteiger partial charge in [-0.15, -0.1) is 11.3 Å². The van der Waals surface area contributed by atoms with Gasteiger partial charge in [0.05, 0.1) is 16.1 Å². The smallest absolute Gasteiger partial charge is 0.268 e. The Morgan fingerprint density at radius 1 is 1.26 bits per heavy atom. The predicted molar refractivity (Wildman–Crippen MR) is 126 cm³/mol. The molecule has 0 saturated carbocycles. The van der Waals surface area contributed by atoms with Crippen molar-refractivity contribution in [2.45, 2.75) is 26.4 Å². The van der Waals surface area contributed by atoms with Gasteiger partial charge in [-0.25, -0.2) is 4.98 Å². The van der Waals surface area contributed by atoms with E-state index in [-0.39, 0.29) is 11.7 Å². The topological polar surface area (TPSA) is 75.0 Å². The predicted octanol–water partition coefficient (Wildman–Crippen LogP) is 6.37. The van der Waals surface area contributed by atoms with Gasteiger partial charge in [0, 0.05) is 23.1 Å². The molecular formula is C23H19Cl2N3O2S. The number of anilines is 1. The van der Waals surface area contributed by atoms with Crippen LogP contribution in [-0.4, -0.2) is 17.0 Å². The zero-order valence-electron chi connectivity index (χ0n) is 16.9. The van der Waals surface area contributed by atoms with Crippen LogP contribution < -0.4 is 10.1 Å². The lowest BCUT2D eigenvalue weighted by Gasteiger charge is -2.12. The van der Waals surface area contributed by atoms with Crippen molar-refractivity contribution in [2.75, 3.05) is 5.32 Å². The lowest BCUT2D eigenvalue weighted by Crippen LogP contribution is -2.13. The van der Waals surface area contributed by atoms with Crippen molar-refractivity contribution in [3.63, 3.8) is 0 Å². The molecule has 1 aromatic heterocycles. The minimum Gasteiger partial charge on any atom is -0.490 e. The number of nitrogens with zero attached hydrogens (tertiary/aromatic N) is 2. The van der Waals surface area contributed by atoms with Crippen LogP contribution in [0.1, 0.15) is 29.9 Å². The van der Waals surface area contributed by atoms with E-state index in [4.69, 9.17) is 27.9 Å². The van der Waals surface area contributed by atoms with Crippen LogP contribution in [0.4, 0.5) is 5.13 Å². The number of amides is 1. The molecule has 5 nitrogen and oxygen atoms in total. The summed E-state index contributed by atoms with van der Waals surface area (Å²) in [4.78, 5) is 17.8. The third-order valence-electron chi connectivity index (χ3n) is 4.08. The summed E-state index contributed by atoms with van der Waals surface area (Å²) in [6, 6.07) is 14.6. The summed E-state index contributed by atoms with van der Waals surface area (Å²) in [5.41, 5.74) is 1.60. The van der Waals surface area contributed by atoms with Gasteiger partial charge in [0.15, 0.2) is 5.13 Å². The van der Waals surface area contributed by atoms with Crippen LogP contribution in [0.2, 0.25) is 10.0 Å². The van der Waals surface area contributed by atoms with Crippen LogP contribution in [-0.2, 0) is 11.2 Å². The van der Waals surface area contributed by atoms with E-state index in [2.05, 4.69) is 10.3 Å². The van der Waals surface area contributed by atoms with Gasteiger partial charge in [0.25, 0.3) is 5.91 Å². The molecule has 1 N–H and O–H groups in total. The van der Waals surface area contributed by atoms with Crippen molar-refractivity contribution in [2.24, 2.45) is 0 Å². The SMILES string of the molecule is CC(C)Oc1ccccc1C=C(C#N)C(=O)Nc1ncc(Cc2ccc(Cl)c(Cl)c2)s1. The van der Waals surface area contributed by atoms with E-state index in [1.54, 1.807) is 30.5 Å². The number of nitrogens with one attached hydrogen (secondary N) is 1. The first-order chi connectivity index (χ1) is 14.9. The molecule has 0 fully saturated rings. The number of hydrogen-bond acceptors (Lipinski definition) is 5. The van der Waals surface area contributed by atoms with Crippen molar-refractivity contribution in [1.82, 2.24) is 4.98 Å². The molecule has 0 radical (unpaired) electrons. The van der Waals surface area contributed by atoms with Gasteiger partial charge >= 0.3 is 0 Å². The van der Waals surface area contributed by atoms with Gasteiger partial charge in [-0.2, -0.15) is 5.26 Å². The number of carbonyl (C=O) groups excluding carboxylic acids is 1. The first-order valence-electron chi connectivity index (χ1n) is 9.43. The van der Waals surface area contributed by atoms with Gasteiger partial charge in [-0.3, -0.25) is 10.1 Å². The van der Waals surface area contributed by atoms with E-state index in [0.29, 0.717) is 32.9 Å². The molecule has 0 aliphatic rings. The van der Waals surface area contributed by atoms with Gasteiger partial charge in [-0.1, -0.05) is 47.5 Å². The summed E-state index contributed by atoms with van der Waals surface area (Å²) in [6.45, 7) is 3.83. The highest BCUT2D eigenvalue weighted by Gasteiger charge is 2.14. The number of hydrogen-bond donors (Lipinski definition) is 1. The molecule has 158 valence electrons. The van der Waals surface area contributed by atoms with Crippen molar-refractivity contribution in [3.8, 4) is 11.8 Å². The molecule has 0 aliphatic heterocycles. The molecule has 31 heavy (non-hydrogen) atoms. The Morgan fingerprint density at radius 3 is 2.74 bits per heavy atom. The normalized spacial score (nSPS) is 11.3. The Morgan fingerprint density at radius 2 is 2.03 bits per heavy atom. The monoisotopic (exact) mass is 471 g/mol. The average Bonchev–Trinajstić information content (AvgIpc) is 3.16. The third-order valence-corrected chi connectivity index (χ3v) is 5.73. The van der Waals surface area contributed by atoms with E-state index in [9.17, 15) is 10.1 Å². The van der Waals surface area contributed by atoms with Crippen LogP contribution in [0, 0.1) is 11.3 Å². The molecule has 3 aromatic rings. The number of aromatic nitrogens is 1. The van der Waals surface area contributed by atoms with Crippen molar-refractivity contribution < 1.29 is 9.53 Å². The second-order valence-electron chi connectivity index (χ2n) is 6.89. The molecule has 1 heterocycles. The average molecular weight is 472 g/mol. The Bertz CT molecular complexity index is 1170. The zero-order valence-corrected chi connectivity index (χ0v) is 19.2. The first kappa shape index (κ1) is 22.8. The second-order valence-corrected chi connectivity index (χ2v) is 8.81. The van der Waals surface area contributed by atoms with Gasteiger partial charge in [-0.05, 0) is 43.7 Å². The minimum absolute atomic E-state index is 0.0295. The number of ether oxygens (including phenoxy) is 1. The number of halogens is 2. The van der Waals surface area contributed by atoms with Gasteiger partial charge < -0.3 is 4.74 Å². The second kappa shape index (κ2) is 10.5. The Labute approximate surface area is 194 Å². The highest BCUT2D eigenvalue weighted by Crippen LogP contribution is 2.27. The van der Waals surface area contributed by atoms with E-state index in [1.165, 1.54) is 17.4 Å². The number of para-hydroxylation sites is 1. The molecule has 0 atom stereocenters. The number of carbonyl (C=O) groups is 1. The van der Waals surface area contributed by atoms with Crippen LogP contribution in [0.25, 0.3) is 6.08 Å².